The molecule has 0 bridgehead atoms. The van der Waals surface area contributed by atoms with Gasteiger partial charge in [0.05, 0.1) is 6.20 Å². The van der Waals surface area contributed by atoms with Gasteiger partial charge in [-0.1, -0.05) is 6.07 Å². The second kappa shape index (κ2) is 6.18. The van der Waals surface area contributed by atoms with E-state index in [0.29, 0.717) is 12.4 Å². The average Bonchev–Trinajstić information content (AvgIpc) is 3.25. The zero-order valence-electron chi connectivity index (χ0n) is 13.5. The molecule has 0 spiro atoms. The van der Waals surface area contributed by atoms with Crippen LogP contribution in [0.1, 0.15) is 36.0 Å². The molecule has 0 aliphatic carbocycles. The Kier molecular flexibility index (Phi) is 3.99. The molecule has 1 N–H and O–H groups in total. The molecule has 0 aromatic carbocycles. The van der Waals surface area contributed by atoms with Crippen molar-refractivity contribution in [2.75, 3.05) is 13.1 Å². The number of halogens is 3. The Morgan fingerprint density at radius 2 is 2.12 bits per heavy atom. The van der Waals surface area contributed by atoms with E-state index >= 15 is 0 Å². The first-order valence-corrected chi connectivity index (χ1v) is 8.26. The largest absolute Gasteiger partial charge is 0.432 e. The maximum atomic E-state index is 12.8. The summed E-state index contributed by atoms with van der Waals surface area (Å²) in [5.41, 5.74) is 1.24. The highest BCUT2D eigenvalue weighted by Gasteiger charge is 2.34. The monoisotopic (exact) mass is 349 g/mol. The molecule has 1 aliphatic heterocycles. The van der Waals surface area contributed by atoms with Crippen LogP contribution in [0.3, 0.4) is 0 Å². The number of hydrogen-bond acceptors (Lipinski definition) is 3. The Labute approximate surface area is 142 Å². The molecule has 0 amide bonds. The van der Waals surface area contributed by atoms with E-state index in [1.165, 1.54) is 0 Å². The molecular weight excluding hydrogens is 331 g/mol. The van der Waals surface area contributed by atoms with Crippen LogP contribution in [0.2, 0.25) is 0 Å². The minimum Gasteiger partial charge on any atom is -0.338 e. The van der Waals surface area contributed by atoms with E-state index in [1.54, 1.807) is 6.20 Å². The van der Waals surface area contributed by atoms with E-state index < -0.39 is 11.9 Å². The van der Waals surface area contributed by atoms with E-state index in [1.807, 2.05) is 28.8 Å². The second-order valence-electron chi connectivity index (χ2n) is 6.43. The fourth-order valence-electron chi connectivity index (χ4n) is 3.48. The lowest BCUT2D eigenvalue weighted by Crippen LogP contribution is -2.34. The Morgan fingerprint density at radius 1 is 1.24 bits per heavy atom. The molecule has 132 valence electrons. The van der Waals surface area contributed by atoms with Crippen molar-refractivity contribution in [1.82, 2.24) is 24.3 Å². The van der Waals surface area contributed by atoms with Gasteiger partial charge in [-0.2, -0.15) is 13.2 Å². The van der Waals surface area contributed by atoms with Gasteiger partial charge in [0.2, 0.25) is 0 Å². The van der Waals surface area contributed by atoms with E-state index in [-0.39, 0.29) is 5.92 Å². The van der Waals surface area contributed by atoms with E-state index in [4.69, 9.17) is 0 Å². The summed E-state index contributed by atoms with van der Waals surface area (Å²) in [6, 6.07) is 5.97. The number of H-pyrrole nitrogens is 1. The number of likely N-dealkylation sites (tertiary alicyclic amines) is 1. The van der Waals surface area contributed by atoms with Crippen molar-refractivity contribution >= 4 is 5.65 Å². The van der Waals surface area contributed by atoms with Crippen molar-refractivity contribution in [3.05, 3.63) is 54.0 Å². The Morgan fingerprint density at radius 3 is 2.92 bits per heavy atom. The standard InChI is InChI=1S/C17H18F3N5/c18-17(19,20)14-9-22-16(23-14)12-3-2-7-24(10-12)11-13-4-1-5-15-21-6-8-25(13)15/h1,4-6,8-9,12H,2-3,7,10-11H2,(H,22,23). The lowest BCUT2D eigenvalue weighted by Gasteiger charge is -2.32. The number of fused-ring (bicyclic) bond motifs is 1. The summed E-state index contributed by atoms with van der Waals surface area (Å²) in [7, 11) is 0. The summed E-state index contributed by atoms with van der Waals surface area (Å²) in [6.45, 7) is 2.35. The van der Waals surface area contributed by atoms with Gasteiger partial charge in [0.15, 0.2) is 0 Å². The van der Waals surface area contributed by atoms with Gasteiger partial charge >= 0.3 is 6.18 Å². The predicted octanol–water partition coefficient (Wildman–Crippen LogP) is 3.46. The maximum Gasteiger partial charge on any atom is 0.432 e. The van der Waals surface area contributed by atoms with Crippen molar-refractivity contribution in [1.29, 1.82) is 0 Å². The summed E-state index contributed by atoms with van der Waals surface area (Å²) in [6.07, 6.45) is 1.98. The number of rotatable bonds is 3. The van der Waals surface area contributed by atoms with Gasteiger partial charge in [0, 0.05) is 37.1 Å². The highest BCUT2D eigenvalue weighted by atomic mass is 19.4. The van der Waals surface area contributed by atoms with Crippen LogP contribution in [0.4, 0.5) is 13.2 Å². The SMILES string of the molecule is FC(F)(F)c1cnc(C2CCCN(Cc3cccc4nccn34)C2)[nH]1. The zero-order valence-corrected chi connectivity index (χ0v) is 13.5. The predicted molar refractivity (Wildman–Crippen MR) is 86.0 cm³/mol. The van der Waals surface area contributed by atoms with Gasteiger partial charge in [0.25, 0.3) is 0 Å². The molecule has 1 unspecified atom stereocenters. The zero-order chi connectivity index (χ0) is 17.4. The maximum absolute atomic E-state index is 12.8. The van der Waals surface area contributed by atoms with Crippen molar-refractivity contribution in [3.8, 4) is 0 Å². The van der Waals surface area contributed by atoms with E-state index in [2.05, 4.69) is 19.9 Å². The highest BCUT2D eigenvalue weighted by molar-refractivity contribution is 5.39. The lowest BCUT2D eigenvalue weighted by atomic mass is 9.97. The molecule has 4 rings (SSSR count). The molecule has 0 radical (unpaired) electrons. The number of imidazole rings is 2. The summed E-state index contributed by atoms with van der Waals surface area (Å²) in [5, 5.41) is 0. The number of aromatic nitrogens is 4. The van der Waals surface area contributed by atoms with Crippen LogP contribution in [0.25, 0.3) is 5.65 Å². The molecule has 3 aromatic rings. The normalized spacial score (nSPS) is 19.6. The minimum atomic E-state index is -4.38. The molecule has 1 atom stereocenters. The number of aromatic amines is 1. The third-order valence-corrected chi connectivity index (χ3v) is 4.69. The molecule has 25 heavy (non-hydrogen) atoms. The number of hydrogen-bond donors (Lipinski definition) is 1. The summed E-state index contributed by atoms with van der Waals surface area (Å²) < 4.78 is 40.3. The first kappa shape index (κ1) is 16.1. The van der Waals surface area contributed by atoms with Crippen LogP contribution in [0.15, 0.2) is 36.8 Å². The molecule has 1 fully saturated rings. The number of nitrogens with zero attached hydrogens (tertiary/aromatic N) is 4. The van der Waals surface area contributed by atoms with Gasteiger partial charge in [0.1, 0.15) is 17.2 Å². The fourth-order valence-corrected chi connectivity index (χ4v) is 3.48. The number of pyridine rings is 1. The van der Waals surface area contributed by atoms with Gasteiger partial charge < -0.3 is 9.38 Å². The third-order valence-electron chi connectivity index (χ3n) is 4.69. The fraction of sp³-hybridized carbons (Fsp3) is 0.412. The Bertz CT molecular complexity index is 866. The number of nitrogens with one attached hydrogen (secondary N) is 1. The molecule has 4 heterocycles. The molecule has 8 heteroatoms. The van der Waals surface area contributed by atoms with Crippen LogP contribution in [0, 0.1) is 0 Å². The first-order valence-electron chi connectivity index (χ1n) is 8.26. The smallest absolute Gasteiger partial charge is 0.338 e. The summed E-state index contributed by atoms with van der Waals surface area (Å²) in [4.78, 5) is 13.0. The van der Waals surface area contributed by atoms with E-state index in [9.17, 15) is 13.2 Å². The van der Waals surface area contributed by atoms with Crippen molar-refractivity contribution in [2.45, 2.75) is 31.5 Å². The van der Waals surface area contributed by atoms with Crippen molar-refractivity contribution in [2.24, 2.45) is 0 Å². The van der Waals surface area contributed by atoms with Crippen LogP contribution in [-0.2, 0) is 12.7 Å². The highest BCUT2D eigenvalue weighted by Crippen LogP contribution is 2.31. The summed E-state index contributed by atoms with van der Waals surface area (Å²) in [5.74, 6) is 0.421. The molecular formula is C17H18F3N5. The Balaban J connectivity index is 1.49. The quantitative estimate of drug-likeness (QED) is 0.788. The average molecular weight is 349 g/mol. The molecule has 3 aromatic heterocycles. The first-order chi connectivity index (χ1) is 12.0. The molecule has 1 aliphatic rings. The second-order valence-corrected chi connectivity index (χ2v) is 6.43. The minimum absolute atomic E-state index is 0.00756. The van der Waals surface area contributed by atoms with Crippen molar-refractivity contribution < 1.29 is 13.2 Å². The third kappa shape index (κ3) is 3.26. The summed E-state index contributed by atoms with van der Waals surface area (Å²) >= 11 is 0. The number of alkyl halides is 3. The molecule has 5 nitrogen and oxygen atoms in total. The van der Waals surface area contributed by atoms with Gasteiger partial charge in [-0.3, -0.25) is 4.90 Å². The van der Waals surface area contributed by atoms with Gasteiger partial charge in [-0.05, 0) is 31.5 Å². The molecule has 1 saturated heterocycles. The van der Waals surface area contributed by atoms with Crippen LogP contribution < -0.4 is 0 Å². The Hall–Kier alpha value is -2.35. The topological polar surface area (TPSA) is 49.2 Å². The number of piperidine rings is 1. The van der Waals surface area contributed by atoms with E-state index in [0.717, 1.165) is 43.5 Å². The van der Waals surface area contributed by atoms with Gasteiger partial charge in [-0.15, -0.1) is 0 Å². The molecule has 0 saturated carbocycles. The van der Waals surface area contributed by atoms with Crippen LogP contribution in [0.5, 0.6) is 0 Å². The van der Waals surface area contributed by atoms with Gasteiger partial charge in [-0.25, -0.2) is 9.97 Å². The van der Waals surface area contributed by atoms with Crippen LogP contribution in [-0.4, -0.2) is 37.3 Å². The van der Waals surface area contributed by atoms with Crippen LogP contribution >= 0.6 is 0 Å². The van der Waals surface area contributed by atoms with Crippen molar-refractivity contribution in [3.63, 3.8) is 0 Å². The lowest BCUT2D eigenvalue weighted by molar-refractivity contribution is -0.141.